The molecule has 2 aromatic rings. The molecule has 0 radical (unpaired) electrons. The standard InChI is InChI=1S/C19H24N2.C2HF3O2/c1-3-7-16(8-4-1)19(17-9-5-2-6-10-17)15-21-18-11-13-20-14-12-18;3-2(4,5)1(6)7/h1-10,18-21H,11-15H2;(H,6,7). The molecule has 3 N–H and O–H groups in total. The van der Waals surface area contributed by atoms with Crippen LogP contribution in [0.25, 0.3) is 0 Å². The van der Waals surface area contributed by atoms with Crippen molar-refractivity contribution in [3.05, 3.63) is 71.8 Å². The Morgan fingerprint density at radius 3 is 1.82 bits per heavy atom. The number of carboxylic acid groups (broad SMARTS) is 1. The van der Waals surface area contributed by atoms with Gasteiger partial charge in [-0.05, 0) is 37.1 Å². The molecule has 0 aliphatic carbocycles. The maximum absolute atomic E-state index is 10.6. The van der Waals surface area contributed by atoms with Crippen LogP contribution < -0.4 is 10.6 Å². The molecule has 1 fully saturated rings. The average molecular weight is 394 g/mol. The minimum atomic E-state index is -5.08. The Bertz CT molecular complexity index is 663. The quantitative estimate of drug-likeness (QED) is 0.722. The van der Waals surface area contributed by atoms with Gasteiger partial charge in [-0.25, -0.2) is 4.79 Å². The van der Waals surface area contributed by atoms with Crippen LogP contribution in [-0.2, 0) is 4.79 Å². The van der Waals surface area contributed by atoms with Crippen LogP contribution >= 0.6 is 0 Å². The molecule has 28 heavy (non-hydrogen) atoms. The molecule has 0 unspecified atom stereocenters. The van der Waals surface area contributed by atoms with Gasteiger partial charge in [-0.1, -0.05) is 60.7 Å². The lowest BCUT2D eigenvalue weighted by Gasteiger charge is -2.27. The first-order chi connectivity index (χ1) is 13.4. The van der Waals surface area contributed by atoms with Crippen LogP contribution in [-0.4, -0.2) is 42.9 Å². The van der Waals surface area contributed by atoms with Gasteiger partial charge in [0.25, 0.3) is 0 Å². The van der Waals surface area contributed by atoms with E-state index in [1.807, 2.05) is 0 Å². The lowest BCUT2D eigenvalue weighted by Crippen LogP contribution is -2.41. The molecule has 1 heterocycles. The minimum absolute atomic E-state index is 0.433. The van der Waals surface area contributed by atoms with Crippen molar-refractivity contribution in [2.45, 2.75) is 31.0 Å². The van der Waals surface area contributed by atoms with Gasteiger partial charge in [0.2, 0.25) is 0 Å². The van der Waals surface area contributed by atoms with E-state index < -0.39 is 12.1 Å². The first kappa shape index (κ1) is 21.9. The first-order valence-corrected chi connectivity index (χ1v) is 9.22. The van der Waals surface area contributed by atoms with Crippen LogP contribution in [0.4, 0.5) is 13.2 Å². The number of piperidine rings is 1. The van der Waals surface area contributed by atoms with Gasteiger partial charge in [-0.3, -0.25) is 0 Å². The third-order valence-corrected chi connectivity index (χ3v) is 4.60. The van der Waals surface area contributed by atoms with Crippen molar-refractivity contribution < 1.29 is 23.1 Å². The van der Waals surface area contributed by atoms with Crippen LogP contribution in [0.3, 0.4) is 0 Å². The Morgan fingerprint density at radius 1 is 1.00 bits per heavy atom. The number of carboxylic acids is 1. The number of carbonyl (C=O) groups is 1. The van der Waals surface area contributed by atoms with Crippen LogP contribution in [0.5, 0.6) is 0 Å². The molecule has 0 spiro atoms. The van der Waals surface area contributed by atoms with Crippen LogP contribution in [0.1, 0.15) is 29.9 Å². The molecule has 0 aromatic heterocycles. The molecule has 0 atom stereocenters. The van der Waals surface area contributed by atoms with Crippen molar-refractivity contribution >= 4 is 5.97 Å². The lowest BCUT2D eigenvalue weighted by molar-refractivity contribution is -0.192. The topological polar surface area (TPSA) is 61.4 Å². The number of rotatable bonds is 5. The smallest absolute Gasteiger partial charge is 0.475 e. The van der Waals surface area contributed by atoms with Crippen molar-refractivity contribution in [1.29, 1.82) is 0 Å². The monoisotopic (exact) mass is 394 g/mol. The van der Waals surface area contributed by atoms with Crippen molar-refractivity contribution in [2.24, 2.45) is 0 Å². The molecule has 152 valence electrons. The van der Waals surface area contributed by atoms with Crippen molar-refractivity contribution in [2.75, 3.05) is 19.6 Å². The Hall–Kier alpha value is -2.38. The van der Waals surface area contributed by atoms with E-state index in [2.05, 4.69) is 71.3 Å². The van der Waals surface area contributed by atoms with Gasteiger partial charge in [-0.15, -0.1) is 0 Å². The van der Waals surface area contributed by atoms with Crippen LogP contribution in [0, 0.1) is 0 Å². The molecule has 0 saturated carbocycles. The second-order valence-electron chi connectivity index (χ2n) is 6.61. The Labute approximate surface area is 162 Å². The van der Waals surface area contributed by atoms with Gasteiger partial charge in [0.1, 0.15) is 0 Å². The Kier molecular flexibility index (Phi) is 8.47. The van der Waals surface area contributed by atoms with Gasteiger partial charge in [-0.2, -0.15) is 13.2 Å². The zero-order valence-electron chi connectivity index (χ0n) is 15.5. The summed E-state index contributed by atoms with van der Waals surface area (Å²) in [6.07, 6.45) is -2.62. The number of halogens is 3. The summed E-state index contributed by atoms with van der Waals surface area (Å²) in [5.41, 5.74) is 2.79. The van der Waals surface area contributed by atoms with E-state index in [0.29, 0.717) is 12.0 Å². The summed E-state index contributed by atoms with van der Waals surface area (Å²) in [6.45, 7) is 3.29. The summed E-state index contributed by atoms with van der Waals surface area (Å²) < 4.78 is 31.7. The fourth-order valence-corrected chi connectivity index (χ4v) is 3.11. The normalized spacial score (nSPS) is 15.0. The third kappa shape index (κ3) is 7.32. The third-order valence-electron chi connectivity index (χ3n) is 4.60. The summed E-state index contributed by atoms with van der Waals surface area (Å²) in [5.74, 6) is -2.32. The van der Waals surface area contributed by atoms with E-state index >= 15 is 0 Å². The van der Waals surface area contributed by atoms with Crippen molar-refractivity contribution in [3.63, 3.8) is 0 Å². The van der Waals surface area contributed by atoms with Crippen molar-refractivity contribution in [1.82, 2.24) is 10.6 Å². The second kappa shape index (κ2) is 10.8. The molecule has 7 heteroatoms. The fraction of sp³-hybridized carbons (Fsp3) is 0.381. The lowest BCUT2D eigenvalue weighted by atomic mass is 9.90. The zero-order valence-corrected chi connectivity index (χ0v) is 15.5. The number of aliphatic carboxylic acids is 1. The van der Waals surface area contributed by atoms with Crippen molar-refractivity contribution in [3.8, 4) is 0 Å². The highest BCUT2D eigenvalue weighted by Crippen LogP contribution is 2.24. The summed E-state index contributed by atoms with van der Waals surface area (Å²) in [7, 11) is 0. The Morgan fingerprint density at radius 2 is 1.43 bits per heavy atom. The second-order valence-corrected chi connectivity index (χ2v) is 6.61. The number of alkyl halides is 3. The highest BCUT2D eigenvalue weighted by Gasteiger charge is 2.38. The van der Waals surface area contributed by atoms with E-state index in [1.165, 1.54) is 24.0 Å². The van der Waals surface area contributed by atoms with E-state index in [0.717, 1.165) is 19.6 Å². The summed E-state index contributed by atoms with van der Waals surface area (Å²) >= 11 is 0. The summed E-state index contributed by atoms with van der Waals surface area (Å²) in [5, 5.41) is 14.3. The SMILES string of the molecule is O=C(O)C(F)(F)F.c1ccc(C(CNC2CCNCC2)c2ccccc2)cc1. The van der Waals surface area contributed by atoms with Gasteiger partial charge in [0.15, 0.2) is 0 Å². The van der Waals surface area contributed by atoms with E-state index in [-0.39, 0.29) is 0 Å². The van der Waals surface area contributed by atoms with E-state index in [1.54, 1.807) is 0 Å². The number of hydrogen-bond donors (Lipinski definition) is 3. The molecular formula is C21H25F3N2O2. The zero-order chi connectivity index (χ0) is 20.4. The van der Waals surface area contributed by atoms with Gasteiger partial charge >= 0.3 is 12.1 Å². The van der Waals surface area contributed by atoms with Gasteiger partial charge in [0.05, 0.1) is 0 Å². The largest absolute Gasteiger partial charge is 0.490 e. The summed E-state index contributed by atoms with van der Waals surface area (Å²) in [4.78, 5) is 8.90. The average Bonchev–Trinajstić information content (AvgIpc) is 2.70. The number of benzene rings is 2. The molecule has 3 rings (SSSR count). The maximum Gasteiger partial charge on any atom is 0.490 e. The molecular weight excluding hydrogens is 369 g/mol. The van der Waals surface area contributed by atoms with Crippen LogP contribution in [0.2, 0.25) is 0 Å². The predicted octanol–water partition coefficient (Wildman–Crippen LogP) is 3.79. The fourth-order valence-electron chi connectivity index (χ4n) is 3.11. The first-order valence-electron chi connectivity index (χ1n) is 9.22. The van der Waals surface area contributed by atoms with Crippen LogP contribution in [0.15, 0.2) is 60.7 Å². The van der Waals surface area contributed by atoms with Gasteiger partial charge < -0.3 is 15.7 Å². The number of nitrogens with one attached hydrogen (secondary N) is 2. The Balaban J connectivity index is 0.000000345. The summed E-state index contributed by atoms with van der Waals surface area (Å²) in [6, 6.07) is 22.3. The molecule has 1 saturated heterocycles. The van der Waals surface area contributed by atoms with E-state index in [4.69, 9.17) is 9.90 Å². The molecule has 1 aliphatic rings. The highest BCUT2D eigenvalue weighted by molar-refractivity contribution is 5.73. The maximum atomic E-state index is 10.6. The molecule has 4 nitrogen and oxygen atoms in total. The van der Waals surface area contributed by atoms with Gasteiger partial charge in [0, 0.05) is 18.5 Å². The molecule has 0 amide bonds. The highest BCUT2D eigenvalue weighted by atomic mass is 19.4. The molecule has 0 bridgehead atoms. The molecule has 1 aliphatic heterocycles. The van der Waals surface area contributed by atoms with E-state index in [9.17, 15) is 13.2 Å². The number of hydrogen-bond acceptors (Lipinski definition) is 3. The molecule has 2 aromatic carbocycles. The minimum Gasteiger partial charge on any atom is -0.475 e. The predicted molar refractivity (Wildman–Crippen MR) is 102 cm³/mol.